The lowest BCUT2D eigenvalue weighted by Crippen LogP contribution is -2.36. The van der Waals surface area contributed by atoms with Crippen LogP contribution in [-0.4, -0.2) is 56.1 Å². The van der Waals surface area contributed by atoms with Gasteiger partial charge in [0, 0.05) is 19.7 Å². The van der Waals surface area contributed by atoms with Crippen molar-refractivity contribution in [3.63, 3.8) is 0 Å². The van der Waals surface area contributed by atoms with Gasteiger partial charge in [0.25, 0.3) is 0 Å². The lowest BCUT2D eigenvalue weighted by Gasteiger charge is -2.23. The van der Waals surface area contributed by atoms with E-state index in [2.05, 4.69) is 11.0 Å². The number of rotatable bonds is 7. The zero-order valence-corrected chi connectivity index (χ0v) is 13.3. The molecule has 0 spiro atoms. The number of aryl methyl sites for hydroxylation is 2. The van der Waals surface area contributed by atoms with Crippen molar-refractivity contribution in [3.8, 4) is 5.75 Å². The maximum atomic E-state index is 10.1. The van der Waals surface area contributed by atoms with E-state index in [4.69, 9.17) is 9.47 Å². The molecule has 0 saturated carbocycles. The summed E-state index contributed by atoms with van der Waals surface area (Å²) in [6.45, 7) is 7.74. The Balaban J connectivity index is 1.72. The number of ether oxygens (including phenoxy) is 2. The molecule has 0 aromatic heterocycles. The van der Waals surface area contributed by atoms with E-state index in [1.807, 2.05) is 33.0 Å². The molecule has 1 aliphatic rings. The molecule has 1 aliphatic heterocycles. The fraction of sp³-hybridized carbons (Fsp3) is 0.647. The van der Waals surface area contributed by atoms with Gasteiger partial charge in [-0.3, -0.25) is 0 Å². The Morgan fingerprint density at radius 2 is 2.05 bits per heavy atom. The summed E-state index contributed by atoms with van der Waals surface area (Å²) in [6.07, 6.45) is 0.651. The molecule has 1 aromatic rings. The van der Waals surface area contributed by atoms with E-state index in [-0.39, 0.29) is 0 Å². The van der Waals surface area contributed by atoms with Crippen LogP contribution in [-0.2, 0) is 4.74 Å². The van der Waals surface area contributed by atoms with E-state index in [1.54, 1.807) is 0 Å². The molecule has 0 radical (unpaired) electrons. The van der Waals surface area contributed by atoms with Gasteiger partial charge in [-0.2, -0.15) is 0 Å². The van der Waals surface area contributed by atoms with Crippen molar-refractivity contribution in [2.45, 2.75) is 26.4 Å². The summed E-state index contributed by atoms with van der Waals surface area (Å²) >= 11 is 0. The second kappa shape index (κ2) is 7.78. The number of hydrogen-bond donors (Lipinski definition) is 1. The van der Waals surface area contributed by atoms with Crippen molar-refractivity contribution in [1.29, 1.82) is 0 Å². The molecule has 0 amide bonds. The van der Waals surface area contributed by atoms with Crippen LogP contribution in [0.15, 0.2) is 18.2 Å². The van der Waals surface area contributed by atoms with Crippen molar-refractivity contribution < 1.29 is 14.6 Å². The molecule has 4 nitrogen and oxygen atoms in total. The van der Waals surface area contributed by atoms with E-state index in [9.17, 15) is 5.11 Å². The average Bonchev–Trinajstić information content (AvgIpc) is 2.88. The molecule has 1 heterocycles. The van der Waals surface area contributed by atoms with Crippen LogP contribution in [0.3, 0.4) is 0 Å². The molecular formula is C17H27NO3. The van der Waals surface area contributed by atoms with Gasteiger partial charge in [0.05, 0.1) is 6.61 Å². The minimum Gasteiger partial charge on any atom is -0.491 e. The maximum absolute atomic E-state index is 10.1. The number of hydrogen-bond acceptors (Lipinski definition) is 4. The summed E-state index contributed by atoms with van der Waals surface area (Å²) in [5.74, 6) is 1.43. The quantitative estimate of drug-likeness (QED) is 0.835. The van der Waals surface area contributed by atoms with E-state index in [0.717, 1.165) is 31.9 Å². The van der Waals surface area contributed by atoms with Crippen LogP contribution in [0.4, 0.5) is 0 Å². The van der Waals surface area contributed by atoms with Crippen LogP contribution in [0.1, 0.15) is 17.5 Å². The van der Waals surface area contributed by atoms with E-state index in [0.29, 0.717) is 19.1 Å². The Kier molecular flexibility index (Phi) is 6.03. The number of nitrogens with zero attached hydrogens (tertiary/aromatic N) is 1. The van der Waals surface area contributed by atoms with Gasteiger partial charge in [0.2, 0.25) is 0 Å². The van der Waals surface area contributed by atoms with E-state index in [1.165, 1.54) is 11.1 Å². The molecule has 0 aliphatic carbocycles. The van der Waals surface area contributed by atoms with Crippen molar-refractivity contribution in [3.05, 3.63) is 29.3 Å². The molecule has 2 rings (SSSR count). The Morgan fingerprint density at radius 1 is 1.33 bits per heavy atom. The van der Waals surface area contributed by atoms with Gasteiger partial charge < -0.3 is 19.5 Å². The fourth-order valence-corrected chi connectivity index (χ4v) is 2.86. The van der Waals surface area contributed by atoms with Crippen molar-refractivity contribution in [2.24, 2.45) is 5.92 Å². The third-order valence-corrected chi connectivity index (χ3v) is 3.75. The monoisotopic (exact) mass is 293 g/mol. The predicted molar refractivity (Wildman–Crippen MR) is 83.8 cm³/mol. The molecule has 118 valence electrons. The molecule has 2 atom stereocenters. The average molecular weight is 293 g/mol. The molecule has 1 N–H and O–H groups in total. The van der Waals surface area contributed by atoms with Crippen LogP contribution in [0.5, 0.6) is 5.75 Å². The van der Waals surface area contributed by atoms with Gasteiger partial charge >= 0.3 is 0 Å². The molecular weight excluding hydrogens is 266 g/mol. The summed E-state index contributed by atoms with van der Waals surface area (Å²) in [5.41, 5.74) is 2.36. The SMILES string of the molecule is Cc1cc(C)cc(OCC(O)CN(C)CC2CCOC2)c1. The van der Waals surface area contributed by atoms with E-state index < -0.39 is 6.10 Å². The molecule has 21 heavy (non-hydrogen) atoms. The highest BCUT2D eigenvalue weighted by Gasteiger charge is 2.19. The largest absolute Gasteiger partial charge is 0.491 e. The van der Waals surface area contributed by atoms with Crippen molar-refractivity contribution in [1.82, 2.24) is 4.90 Å². The van der Waals surface area contributed by atoms with Gasteiger partial charge in [-0.25, -0.2) is 0 Å². The van der Waals surface area contributed by atoms with Gasteiger partial charge in [0.1, 0.15) is 18.5 Å². The molecule has 1 fully saturated rings. The Labute approximate surface area is 127 Å². The second-order valence-electron chi connectivity index (χ2n) is 6.24. The van der Waals surface area contributed by atoms with Crippen LogP contribution in [0.2, 0.25) is 0 Å². The van der Waals surface area contributed by atoms with Gasteiger partial charge in [-0.1, -0.05) is 6.07 Å². The third-order valence-electron chi connectivity index (χ3n) is 3.75. The standard InChI is InChI=1S/C17H27NO3/c1-13-6-14(2)8-17(7-13)21-12-16(19)10-18(3)9-15-4-5-20-11-15/h6-8,15-16,19H,4-5,9-12H2,1-3H3. The molecule has 0 bridgehead atoms. The number of likely N-dealkylation sites (N-methyl/N-ethyl adjacent to an activating group) is 1. The van der Waals surface area contributed by atoms with E-state index >= 15 is 0 Å². The first-order valence-corrected chi connectivity index (χ1v) is 7.68. The zero-order valence-electron chi connectivity index (χ0n) is 13.3. The summed E-state index contributed by atoms with van der Waals surface area (Å²) in [7, 11) is 2.04. The minimum absolute atomic E-state index is 0.328. The second-order valence-corrected chi connectivity index (χ2v) is 6.24. The summed E-state index contributed by atoms with van der Waals surface area (Å²) < 4.78 is 11.1. The first kappa shape index (κ1) is 16.3. The van der Waals surface area contributed by atoms with Crippen LogP contribution >= 0.6 is 0 Å². The van der Waals surface area contributed by atoms with Gasteiger partial charge in [0.15, 0.2) is 0 Å². The summed E-state index contributed by atoms with van der Waals surface area (Å²) in [4.78, 5) is 2.16. The van der Waals surface area contributed by atoms with Gasteiger partial charge in [-0.15, -0.1) is 0 Å². The Bertz CT molecular complexity index is 423. The Hall–Kier alpha value is -1.10. The lowest BCUT2D eigenvalue weighted by atomic mass is 10.1. The molecule has 4 heteroatoms. The van der Waals surface area contributed by atoms with Crippen LogP contribution in [0.25, 0.3) is 0 Å². The number of aliphatic hydroxyl groups excluding tert-OH is 1. The van der Waals surface area contributed by atoms with Crippen LogP contribution in [0, 0.1) is 19.8 Å². The number of benzene rings is 1. The highest BCUT2D eigenvalue weighted by atomic mass is 16.5. The van der Waals surface area contributed by atoms with Crippen LogP contribution < -0.4 is 4.74 Å². The number of aliphatic hydroxyl groups is 1. The molecule has 2 unspecified atom stereocenters. The van der Waals surface area contributed by atoms with Gasteiger partial charge in [-0.05, 0) is 56.5 Å². The fourth-order valence-electron chi connectivity index (χ4n) is 2.86. The highest BCUT2D eigenvalue weighted by molar-refractivity contribution is 5.32. The predicted octanol–water partition coefficient (Wildman–Crippen LogP) is 2.01. The first-order chi connectivity index (χ1) is 10.0. The topological polar surface area (TPSA) is 41.9 Å². The zero-order chi connectivity index (χ0) is 15.2. The first-order valence-electron chi connectivity index (χ1n) is 7.68. The van der Waals surface area contributed by atoms with Crippen molar-refractivity contribution >= 4 is 0 Å². The Morgan fingerprint density at radius 3 is 2.67 bits per heavy atom. The smallest absolute Gasteiger partial charge is 0.119 e. The molecule has 1 saturated heterocycles. The minimum atomic E-state index is -0.474. The normalized spacial score (nSPS) is 20.0. The third kappa shape index (κ3) is 5.65. The van der Waals surface area contributed by atoms with Crippen molar-refractivity contribution in [2.75, 3.05) is 40.0 Å². The lowest BCUT2D eigenvalue weighted by molar-refractivity contribution is 0.0705. The molecule has 1 aromatic carbocycles. The highest BCUT2D eigenvalue weighted by Crippen LogP contribution is 2.17. The summed E-state index contributed by atoms with van der Waals surface area (Å²) in [6, 6.07) is 6.11. The summed E-state index contributed by atoms with van der Waals surface area (Å²) in [5, 5.41) is 10.1. The maximum Gasteiger partial charge on any atom is 0.119 e.